The molecule has 0 unspecified atom stereocenters. The van der Waals surface area contributed by atoms with Gasteiger partial charge in [0.1, 0.15) is 0 Å². The van der Waals surface area contributed by atoms with Gasteiger partial charge in [-0.3, -0.25) is 4.79 Å². The van der Waals surface area contributed by atoms with E-state index in [1.54, 1.807) is 12.2 Å². The molecule has 0 bridgehead atoms. The van der Waals surface area contributed by atoms with Crippen molar-refractivity contribution in [3.63, 3.8) is 0 Å². The predicted octanol–water partition coefficient (Wildman–Crippen LogP) is 2.98. The minimum atomic E-state index is -0.0676. The number of ketones is 1. The van der Waals surface area contributed by atoms with E-state index in [0.29, 0.717) is 17.1 Å². The first kappa shape index (κ1) is 11.5. The van der Waals surface area contributed by atoms with Crippen LogP contribution in [0.25, 0.3) is 6.08 Å². The fraction of sp³-hybridized carbons (Fsp3) is 0.0625. The molecule has 1 saturated heterocycles. The topological polar surface area (TPSA) is 35.5 Å². The van der Waals surface area contributed by atoms with Gasteiger partial charge in [0.15, 0.2) is 17.3 Å². The van der Waals surface area contributed by atoms with Gasteiger partial charge < -0.3 is 9.47 Å². The quantitative estimate of drug-likeness (QED) is 0.759. The molecule has 1 aliphatic carbocycles. The zero-order valence-electron chi connectivity index (χ0n) is 10.2. The van der Waals surface area contributed by atoms with Crippen molar-refractivity contribution < 1.29 is 14.3 Å². The molecule has 1 heterocycles. The Morgan fingerprint density at radius 3 is 2.53 bits per heavy atom. The van der Waals surface area contributed by atoms with Gasteiger partial charge in [-0.1, -0.05) is 48.6 Å². The lowest BCUT2D eigenvalue weighted by atomic mass is 10.0. The lowest BCUT2D eigenvalue weighted by Gasteiger charge is -2.05. The maximum Gasteiger partial charge on any atom is 0.231 e. The molecule has 1 aromatic carbocycles. The first-order valence-electron chi connectivity index (χ1n) is 6.00. The molecule has 0 spiro atoms. The number of fused-ring (bicyclic) bond motifs is 1. The third kappa shape index (κ3) is 2.50. The van der Waals surface area contributed by atoms with Crippen LogP contribution in [-0.2, 0) is 14.3 Å². The van der Waals surface area contributed by atoms with E-state index in [9.17, 15) is 4.79 Å². The monoisotopic (exact) mass is 252 g/mol. The van der Waals surface area contributed by atoms with Crippen LogP contribution in [0.15, 0.2) is 71.7 Å². The normalized spacial score (nSPS) is 19.8. The van der Waals surface area contributed by atoms with Crippen molar-refractivity contribution in [2.24, 2.45) is 0 Å². The SMILES string of the molecule is O=C1C=C2OCOC2=CC1=CC=Cc1ccccc1. The van der Waals surface area contributed by atoms with Gasteiger partial charge in [0.25, 0.3) is 0 Å². The molecule has 2 aliphatic rings. The van der Waals surface area contributed by atoms with Gasteiger partial charge in [0.2, 0.25) is 6.79 Å². The standard InChI is InChI=1S/C16H12O3/c17-14-10-16-15(18-11-19-16)9-13(14)8-4-7-12-5-2-1-3-6-12/h1-10H,11H2. The highest BCUT2D eigenvalue weighted by Crippen LogP contribution is 2.27. The molecular weight excluding hydrogens is 240 g/mol. The van der Waals surface area contributed by atoms with Crippen LogP contribution < -0.4 is 0 Å². The second-order valence-electron chi connectivity index (χ2n) is 4.18. The average molecular weight is 252 g/mol. The van der Waals surface area contributed by atoms with Crippen molar-refractivity contribution in [1.82, 2.24) is 0 Å². The Labute approximate surface area is 111 Å². The minimum Gasteiger partial charge on any atom is -0.454 e. The molecule has 1 fully saturated rings. The van der Waals surface area contributed by atoms with Crippen LogP contribution in [0.1, 0.15) is 5.56 Å². The molecule has 3 heteroatoms. The summed E-state index contributed by atoms with van der Waals surface area (Å²) in [4.78, 5) is 11.8. The number of allylic oxidation sites excluding steroid dienone is 5. The van der Waals surface area contributed by atoms with Crippen LogP contribution >= 0.6 is 0 Å². The predicted molar refractivity (Wildman–Crippen MR) is 71.8 cm³/mol. The highest BCUT2D eigenvalue weighted by atomic mass is 16.7. The van der Waals surface area contributed by atoms with E-state index < -0.39 is 0 Å². The molecular formula is C16H12O3. The summed E-state index contributed by atoms with van der Waals surface area (Å²) < 4.78 is 10.4. The van der Waals surface area contributed by atoms with Crippen molar-refractivity contribution in [2.75, 3.05) is 6.79 Å². The van der Waals surface area contributed by atoms with Crippen molar-refractivity contribution in [3.05, 3.63) is 77.3 Å². The number of ether oxygens (including phenoxy) is 2. The fourth-order valence-electron chi connectivity index (χ4n) is 1.90. The van der Waals surface area contributed by atoms with Gasteiger partial charge in [-0.05, 0) is 11.6 Å². The Bertz CT molecular complexity index is 619. The largest absolute Gasteiger partial charge is 0.454 e. The Hall–Kier alpha value is -2.55. The molecule has 0 radical (unpaired) electrons. The summed E-state index contributed by atoms with van der Waals surface area (Å²) >= 11 is 0. The summed E-state index contributed by atoms with van der Waals surface area (Å²) in [5.41, 5.74) is 1.68. The zero-order valence-corrected chi connectivity index (χ0v) is 10.2. The fourth-order valence-corrected chi connectivity index (χ4v) is 1.90. The van der Waals surface area contributed by atoms with E-state index in [1.807, 2.05) is 42.5 Å². The van der Waals surface area contributed by atoms with Gasteiger partial charge in [-0.2, -0.15) is 0 Å². The van der Waals surface area contributed by atoms with Crippen molar-refractivity contribution in [2.45, 2.75) is 0 Å². The van der Waals surface area contributed by atoms with E-state index in [-0.39, 0.29) is 12.6 Å². The van der Waals surface area contributed by atoms with Crippen molar-refractivity contribution in [1.29, 1.82) is 0 Å². The lowest BCUT2D eigenvalue weighted by Crippen LogP contribution is -2.04. The highest BCUT2D eigenvalue weighted by molar-refractivity contribution is 6.08. The first-order chi connectivity index (χ1) is 9.33. The highest BCUT2D eigenvalue weighted by Gasteiger charge is 2.24. The number of hydrogen-bond acceptors (Lipinski definition) is 3. The van der Waals surface area contributed by atoms with Crippen molar-refractivity contribution in [3.8, 4) is 0 Å². The second-order valence-corrected chi connectivity index (χ2v) is 4.18. The molecule has 3 rings (SSSR count). The Morgan fingerprint density at radius 1 is 1.00 bits per heavy atom. The molecule has 0 aromatic heterocycles. The van der Waals surface area contributed by atoms with E-state index in [4.69, 9.17) is 9.47 Å². The van der Waals surface area contributed by atoms with Gasteiger partial charge in [-0.15, -0.1) is 0 Å². The number of hydrogen-bond donors (Lipinski definition) is 0. The molecule has 19 heavy (non-hydrogen) atoms. The molecule has 0 N–H and O–H groups in total. The summed E-state index contributed by atoms with van der Waals surface area (Å²) in [5, 5.41) is 0. The number of benzene rings is 1. The summed E-state index contributed by atoms with van der Waals surface area (Å²) in [5.74, 6) is 1.08. The Kier molecular flexibility index (Phi) is 3.02. The Morgan fingerprint density at radius 2 is 1.74 bits per heavy atom. The van der Waals surface area contributed by atoms with E-state index in [0.717, 1.165) is 5.56 Å². The van der Waals surface area contributed by atoms with Crippen LogP contribution in [0, 0.1) is 0 Å². The van der Waals surface area contributed by atoms with E-state index in [2.05, 4.69) is 0 Å². The van der Waals surface area contributed by atoms with Crippen LogP contribution in [0.4, 0.5) is 0 Å². The number of carbonyl (C=O) groups is 1. The van der Waals surface area contributed by atoms with Crippen molar-refractivity contribution >= 4 is 11.9 Å². The molecule has 0 atom stereocenters. The summed E-state index contributed by atoms with van der Waals surface area (Å²) in [6.07, 6.45) is 8.75. The molecule has 94 valence electrons. The summed E-state index contributed by atoms with van der Waals surface area (Å²) in [7, 11) is 0. The first-order valence-corrected chi connectivity index (χ1v) is 6.00. The lowest BCUT2D eigenvalue weighted by molar-refractivity contribution is -0.111. The third-order valence-corrected chi connectivity index (χ3v) is 2.87. The maximum absolute atomic E-state index is 11.8. The average Bonchev–Trinajstić information content (AvgIpc) is 2.87. The zero-order chi connectivity index (χ0) is 13.1. The van der Waals surface area contributed by atoms with Crippen LogP contribution in [0.2, 0.25) is 0 Å². The molecule has 3 nitrogen and oxygen atoms in total. The summed E-state index contributed by atoms with van der Waals surface area (Å²) in [6, 6.07) is 9.91. The van der Waals surface area contributed by atoms with E-state index >= 15 is 0 Å². The van der Waals surface area contributed by atoms with E-state index in [1.165, 1.54) is 6.08 Å². The van der Waals surface area contributed by atoms with Gasteiger partial charge >= 0.3 is 0 Å². The molecule has 1 aliphatic heterocycles. The molecule has 0 amide bonds. The Balaban J connectivity index is 1.80. The third-order valence-electron chi connectivity index (χ3n) is 2.87. The minimum absolute atomic E-state index is 0.0676. The van der Waals surface area contributed by atoms with Crippen LogP contribution in [0.5, 0.6) is 0 Å². The van der Waals surface area contributed by atoms with Crippen LogP contribution in [-0.4, -0.2) is 12.6 Å². The number of carbonyl (C=O) groups excluding carboxylic acids is 1. The molecule has 0 saturated carbocycles. The van der Waals surface area contributed by atoms with Gasteiger partial charge in [0.05, 0.1) is 0 Å². The second kappa shape index (κ2) is 4.98. The molecule has 1 aromatic rings. The number of rotatable bonds is 2. The maximum atomic E-state index is 11.8. The van der Waals surface area contributed by atoms with Gasteiger partial charge in [0, 0.05) is 11.6 Å². The van der Waals surface area contributed by atoms with Crippen LogP contribution in [0.3, 0.4) is 0 Å². The smallest absolute Gasteiger partial charge is 0.231 e. The van der Waals surface area contributed by atoms with Gasteiger partial charge in [-0.25, -0.2) is 0 Å². The summed E-state index contributed by atoms with van der Waals surface area (Å²) in [6.45, 7) is 0.179.